The van der Waals surface area contributed by atoms with Crippen LogP contribution in [-0.2, 0) is 11.2 Å². The molecule has 0 unspecified atom stereocenters. The quantitative estimate of drug-likeness (QED) is 0.917. The van der Waals surface area contributed by atoms with E-state index >= 15 is 0 Å². The third-order valence-corrected chi connectivity index (χ3v) is 4.30. The number of nitrogens with one attached hydrogen (secondary N) is 1. The van der Waals surface area contributed by atoms with Gasteiger partial charge in [0.05, 0.1) is 24.9 Å². The van der Waals surface area contributed by atoms with Gasteiger partial charge in [0, 0.05) is 13.1 Å². The Hall–Kier alpha value is -2.56. The lowest BCUT2D eigenvalue weighted by molar-refractivity contribution is -0.115. The summed E-state index contributed by atoms with van der Waals surface area (Å²) >= 11 is 0. The van der Waals surface area contributed by atoms with Crippen LogP contribution in [0.3, 0.4) is 0 Å². The molecule has 1 saturated heterocycles. The molecule has 24 heavy (non-hydrogen) atoms. The second kappa shape index (κ2) is 7.34. The number of carbonyl (C=O) groups is 1. The van der Waals surface area contributed by atoms with Gasteiger partial charge in [0.25, 0.3) is 0 Å². The van der Waals surface area contributed by atoms with Gasteiger partial charge >= 0.3 is 0 Å². The number of pyridine rings is 1. The molecular weight excluding hydrogens is 302 g/mol. The van der Waals surface area contributed by atoms with Gasteiger partial charge in [-0.2, -0.15) is 0 Å². The Balaban J connectivity index is 1.63. The van der Waals surface area contributed by atoms with Crippen LogP contribution < -0.4 is 15.0 Å². The molecule has 1 N–H and O–H groups in total. The number of ether oxygens (including phenoxy) is 1. The predicted octanol–water partition coefficient (Wildman–Crippen LogP) is 3.18. The summed E-state index contributed by atoms with van der Waals surface area (Å²) in [6, 6.07) is 11.5. The Bertz CT molecular complexity index is 707. The highest BCUT2D eigenvalue weighted by Gasteiger charge is 2.15. The molecule has 0 aliphatic carbocycles. The fourth-order valence-corrected chi connectivity index (χ4v) is 2.93. The number of nitrogens with zero attached hydrogens (tertiary/aromatic N) is 2. The minimum atomic E-state index is -0.0426. The first-order chi connectivity index (χ1) is 11.7. The van der Waals surface area contributed by atoms with Crippen molar-refractivity contribution in [3.8, 4) is 5.75 Å². The Labute approximate surface area is 142 Å². The Morgan fingerprint density at radius 2 is 1.88 bits per heavy atom. The van der Waals surface area contributed by atoms with Crippen molar-refractivity contribution in [2.24, 2.45) is 0 Å². The van der Waals surface area contributed by atoms with E-state index in [2.05, 4.69) is 15.2 Å². The summed E-state index contributed by atoms with van der Waals surface area (Å²) in [7, 11) is 1.63. The molecular formula is C19H23N3O2. The van der Waals surface area contributed by atoms with Crippen LogP contribution in [0, 0.1) is 6.92 Å². The number of methoxy groups -OCH3 is 1. The molecule has 1 aromatic carbocycles. The van der Waals surface area contributed by atoms with E-state index in [0.29, 0.717) is 6.42 Å². The van der Waals surface area contributed by atoms with E-state index < -0.39 is 0 Å². The van der Waals surface area contributed by atoms with Crippen LogP contribution in [0.4, 0.5) is 11.5 Å². The van der Waals surface area contributed by atoms with Gasteiger partial charge in [-0.1, -0.05) is 12.1 Å². The smallest absolute Gasteiger partial charge is 0.228 e. The van der Waals surface area contributed by atoms with Gasteiger partial charge in [0.1, 0.15) is 11.6 Å². The molecule has 126 valence electrons. The molecule has 0 bridgehead atoms. The molecule has 1 aliphatic heterocycles. The van der Waals surface area contributed by atoms with Crippen LogP contribution in [0.1, 0.15) is 24.1 Å². The number of hydrogen-bond acceptors (Lipinski definition) is 4. The van der Waals surface area contributed by atoms with Crippen molar-refractivity contribution in [2.75, 3.05) is 30.4 Å². The standard InChI is InChI=1S/C19H23N3O2/c1-14-17(9-10-18(20-14)22-11-3-4-12-22)21-19(23)13-15-5-7-16(24-2)8-6-15/h5-10H,3-4,11-13H2,1-2H3,(H,21,23). The number of benzene rings is 1. The lowest BCUT2D eigenvalue weighted by Gasteiger charge is -2.18. The largest absolute Gasteiger partial charge is 0.497 e. The lowest BCUT2D eigenvalue weighted by Crippen LogP contribution is -2.20. The Kier molecular flexibility index (Phi) is 4.99. The molecule has 5 heteroatoms. The van der Waals surface area contributed by atoms with Gasteiger partial charge in [0.2, 0.25) is 5.91 Å². The Morgan fingerprint density at radius 3 is 2.50 bits per heavy atom. The highest BCUT2D eigenvalue weighted by atomic mass is 16.5. The molecule has 0 atom stereocenters. The van der Waals surface area contributed by atoms with Gasteiger partial charge in [-0.25, -0.2) is 4.98 Å². The maximum absolute atomic E-state index is 12.2. The molecule has 3 rings (SSSR count). The van der Waals surface area contributed by atoms with Crippen molar-refractivity contribution >= 4 is 17.4 Å². The van der Waals surface area contributed by atoms with E-state index in [1.165, 1.54) is 12.8 Å². The summed E-state index contributed by atoms with van der Waals surface area (Å²) in [6.07, 6.45) is 2.78. The lowest BCUT2D eigenvalue weighted by atomic mass is 10.1. The molecule has 2 heterocycles. The highest BCUT2D eigenvalue weighted by Crippen LogP contribution is 2.22. The number of aryl methyl sites for hydroxylation is 1. The Morgan fingerprint density at radius 1 is 1.17 bits per heavy atom. The van der Waals surface area contributed by atoms with Crippen LogP contribution in [0.25, 0.3) is 0 Å². The molecule has 1 aromatic heterocycles. The number of amides is 1. The fourth-order valence-electron chi connectivity index (χ4n) is 2.93. The maximum atomic E-state index is 12.2. The van der Waals surface area contributed by atoms with Crippen molar-refractivity contribution in [1.82, 2.24) is 4.98 Å². The summed E-state index contributed by atoms with van der Waals surface area (Å²) in [5.74, 6) is 1.74. The van der Waals surface area contributed by atoms with Crippen molar-refractivity contribution in [1.29, 1.82) is 0 Å². The van der Waals surface area contributed by atoms with Crippen molar-refractivity contribution in [3.63, 3.8) is 0 Å². The topological polar surface area (TPSA) is 54.5 Å². The minimum absolute atomic E-state index is 0.0426. The van der Waals surface area contributed by atoms with E-state index in [0.717, 1.165) is 41.6 Å². The van der Waals surface area contributed by atoms with Gasteiger partial charge < -0.3 is 15.0 Å². The first-order valence-corrected chi connectivity index (χ1v) is 8.31. The minimum Gasteiger partial charge on any atom is -0.497 e. The number of anilines is 2. The van der Waals surface area contributed by atoms with E-state index in [1.54, 1.807) is 7.11 Å². The summed E-state index contributed by atoms with van der Waals surface area (Å²) in [6.45, 7) is 4.06. The monoisotopic (exact) mass is 325 g/mol. The van der Waals surface area contributed by atoms with E-state index in [-0.39, 0.29) is 5.91 Å². The zero-order valence-electron chi connectivity index (χ0n) is 14.2. The van der Waals surface area contributed by atoms with Crippen LogP contribution in [0.5, 0.6) is 5.75 Å². The zero-order chi connectivity index (χ0) is 16.9. The van der Waals surface area contributed by atoms with Gasteiger partial charge in [-0.15, -0.1) is 0 Å². The summed E-state index contributed by atoms with van der Waals surface area (Å²) in [5.41, 5.74) is 2.58. The van der Waals surface area contributed by atoms with E-state index in [9.17, 15) is 4.79 Å². The van der Waals surface area contributed by atoms with Crippen LogP contribution >= 0.6 is 0 Å². The third-order valence-electron chi connectivity index (χ3n) is 4.30. The second-order valence-corrected chi connectivity index (χ2v) is 6.07. The maximum Gasteiger partial charge on any atom is 0.228 e. The summed E-state index contributed by atoms with van der Waals surface area (Å²) < 4.78 is 5.13. The average Bonchev–Trinajstić information content (AvgIpc) is 3.12. The molecule has 0 radical (unpaired) electrons. The van der Waals surface area contributed by atoms with Gasteiger partial charge in [0.15, 0.2) is 0 Å². The first-order valence-electron chi connectivity index (χ1n) is 8.31. The number of hydrogen-bond donors (Lipinski definition) is 1. The van der Waals surface area contributed by atoms with Crippen molar-refractivity contribution in [3.05, 3.63) is 47.7 Å². The average molecular weight is 325 g/mol. The molecule has 0 saturated carbocycles. The summed E-state index contributed by atoms with van der Waals surface area (Å²) in [4.78, 5) is 19.2. The summed E-state index contributed by atoms with van der Waals surface area (Å²) in [5, 5.41) is 2.95. The second-order valence-electron chi connectivity index (χ2n) is 6.07. The predicted molar refractivity (Wildman–Crippen MR) is 95.7 cm³/mol. The number of carbonyl (C=O) groups excluding carboxylic acids is 1. The molecule has 1 fully saturated rings. The zero-order valence-corrected chi connectivity index (χ0v) is 14.2. The molecule has 1 aliphatic rings. The van der Waals surface area contributed by atoms with Crippen LogP contribution in [-0.4, -0.2) is 31.1 Å². The third kappa shape index (κ3) is 3.85. The van der Waals surface area contributed by atoms with Gasteiger partial charge in [-0.3, -0.25) is 4.79 Å². The highest BCUT2D eigenvalue weighted by molar-refractivity contribution is 5.92. The number of rotatable bonds is 5. The normalized spacial score (nSPS) is 13.8. The fraction of sp³-hybridized carbons (Fsp3) is 0.368. The molecule has 2 aromatic rings. The SMILES string of the molecule is COc1ccc(CC(=O)Nc2ccc(N3CCCC3)nc2C)cc1. The molecule has 1 amide bonds. The molecule has 5 nitrogen and oxygen atoms in total. The van der Waals surface area contributed by atoms with E-state index in [1.807, 2.05) is 43.3 Å². The first kappa shape index (κ1) is 16.3. The van der Waals surface area contributed by atoms with E-state index in [4.69, 9.17) is 4.74 Å². The van der Waals surface area contributed by atoms with Crippen LogP contribution in [0.2, 0.25) is 0 Å². The van der Waals surface area contributed by atoms with Crippen molar-refractivity contribution in [2.45, 2.75) is 26.2 Å². The van der Waals surface area contributed by atoms with Crippen molar-refractivity contribution < 1.29 is 9.53 Å². The van der Waals surface area contributed by atoms with Crippen LogP contribution in [0.15, 0.2) is 36.4 Å². The van der Waals surface area contributed by atoms with Gasteiger partial charge in [-0.05, 0) is 49.6 Å². The number of aromatic nitrogens is 1. The molecule has 0 spiro atoms.